The lowest BCUT2D eigenvalue weighted by atomic mass is 10.1. The lowest BCUT2D eigenvalue weighted by Gasteiger charge is -2.24. The topological polar surface area (TPSA) is 60.0 Å². The summed E-state index contributed by atoms with van der Waals surface area (Å²) in [4.78, 5) is 14.6. The van der Waals surface area contributed by atoms with Gasteiger partial charge in [0.15, 0.2) is 11.5 Å². The fraction of sp³-hybridized carbons (Fsp3) is 0.381. The van der Waals surface area contributed by atoms with E-state index in [-0.39, 0.29) is 11.9 Å². The number of amides is 1. The zero-order valence-electron chi connectivity index (χ0n) is 16.0. The molecule has 0 radical (unpaired) electrons. The van der Waals surface area contributed by atoms with Gasteiger partial charge in [0, 0.05) is 18.3 Å². The van der Waals surface area contributed by atoms with Gasteiger partial charge >= 0.3 is 0 Å². The molecule has 0 saturated carbocycles. The van der Waals surface area contributed by atoms with Gasteiger partial charge in [-0.3, -0.25) is 9.69 Å². The first-order chi connectivity index (χ1) is 13.1. The molecule has 1 atom stereocenters. The maximum absolute atomic E-state index is 12.6. The monoisotopic (exact) mass is 370 g/mol. The number of nitrogens with zero attached hydrogens (tertiary/aromatic N) is 1. The number of nitrogens with one attached hydrogen (secondary N) is 1. The third kappa shape index (κ3) is 4.92. The van der Waals surface area contributed by atoms with Crippen LogP contribution in [0.25, 0.3) is 0 Å². The van der Waals surface area contributed by atoms with Crippen LogP contribution in [0.4, 0.5) is 5.69 Å². The molecule has 1 amide bonds. The summed E-state index contributed by atoms with van der Waals surface area (Å²) in [5.74, 6) is 2.16. The van der Waals surface area contributed by atoms with Crippen LogP contribution in [-0.4, -0.2) is 43.7 Å². The molecule has 0 aliphatic carbocycles. The number of likely N-dealkylation sites (N-methyl/N-ethyl adjacent to an activating group) is 1. The van der Waals surface area contributed by atoms with Crippen LogP contribution in [0.5, 0.6) is 17.2 Å². The molecule has 0 spiro atoms. The Labute approximate surface area is 160 Å². The Bertz CT molecular complexity index is 776. The van der Waals surface area contributed by atoms with Crippen LogP contribution in [0, 0.1) is 0 Å². The van der Waals surface area contributed by atoms with E-state index in [1.54, 1.807) is 6.07 Å². The number of anilines is 1. The van der Waals surface area contributed by atoms with Crippen molar-refractivity contribution < 1.29 is 19.0 Å². The van der Waals surface area contributed by atoms with Crippen molar-refractivity contribution in [3.8, 4) is 17.2 Å². The van der Waals surface area contributed by atoms with Crippen molar-refractivity contribution in [3.05, 3.63) is 48.0 Å². The fourth-order valence-electron chi connectivity index (χ4n) is 2.85. The number of hydrogen-bond donors (Lipinski definition) is 1. The summed E-state index contributed by atoms with van der Waals surface area (Å²) in [5, 5.41) is 2.95. The van der Waals surface area contributed by atoms with Gasteiger partial charge in [0.1, 0.15) is 19.0 Å². The zero-order chi connectivity index (χ0) is 19.2. The molecule has 0 saturated heterocycles. The van der Waals surface area contributed by atoms with Crippen LogP contribution in [0.15, 0.2) is 42.5 Å². The highest BCUT2D eigenvalue weighted by molar-refractivity contribution is 5.94. The predicted molar refractivity (Wildman–Crippen MR) is 105 cm³/mol. The van der Waals surface area contributed by atoms with Crippen LogP contribution >= 0.6 is 0 Å². The Morgan fingerprint density at radius 1 is 1.15 bits per heavy atom. The van der Waals surface area contributed by atoms with Crippen LogP contribution in [0.1, 0.15) is 19.4 Å². The second-order valence-corrected chi connectivity index (χ2v) is 6.52. The molecule has 144 valence electrons. The van der Waals surface area contributed by atoms with Crippen molar-refractivity contribution in [1.29, 1.82) is 0 Å². The van der Waals surface area contributed by atoms with Gasteiger partial charge in [0.2, 0.25) is 5.91 Å². The molecule has 0 aromatic heterocycles. The highest BCUT2D eigenvalue weighted by Gasteiger charge is 2.19. The molecule has 0 bridgehead atoms. The smallest absolute Gasteiger partial charge is 0.241 e. The summed E-state index contributed by atoms with van der Waals surface area (Å²) in [5.41, 5.74) is 1.82. The van der Waals surface area contributed by atoms with E-state index < -0.39 is 0 Å². The van der Waals surface area contributed by atoms with Gasteiger partial charge in [-0.1, -0.05) is 12.1 Å². The largest absolute Gasteiger partial charge is 0.494 e. The highest BCUT2D eigenvalue weighted by atomic mass is 16.6. The molecule has 1 heterocycles. The third-order valence-corrected chi connectivity index (χ3v) is 4.52. The number of hydrogen-bond acceptors (Lipinski definition) is 5. The van der Waals surface area contributed by atoms with Gasteiger partial charge in [-0.15, -0.1) is 0 Å². The zero-order valence-corrected chi connectivity index (χ0v) is 16.0. The lowest BCUT2D eigenvalue weighted by Crippen LogP contribution is -2.39. The molecule has 6 nitrogen and oxygen atoms in total. The standard InChI is InChI=1S/C21H26N2O4/c1-4-25-18-8-5-16(6-9-18)14-23(3)15(2)21(24)22-17-7-10-19-20(13-17)27-12-11-26-19/h5-10,13,15H,4,11-12,14H2,1-3H3,(H,22,24)/t15-/m0/s1. The summed E-state index contributed by atoms with van der Waals surface area (Å²) >= 11 is 0. The second-order valence-electron chi connectivity index (χ2n) is 6.52. The Morgan fingerprint density at radius 2 is 1.85 bits per heavy atom. The Kier molecular flexibility index (Phi) is 6.19. The number of carbonyl (C=O) groups excluding carboxylic acids is 1. The average molecular weight is 370 g/mol. The number of benzene rings is 2. The summed E-state index contributed by atoms with van der Waals surface area (Å²) < 4.78 is 16.5. The SMILES string of the molecule is CCOc1ccc(CN(C)[C@@H](C)C(=O)Nc2ccc3c(c2)OCCO3)cc1. The van der Waals surface area contributed by atoms with Crippen molar-refractivity contribution >= 4 is 11.6 Å². The molecule has 2 aromatic rings. The Balaban J connectivity index is 1.57. The average Bonchev–Trinajstić information content (AvgIpc) is 2.69. The van der Waals surface area contributed by atoms with Gasteiger partial charge < -0.3 is 19.5 Å². The quantitative estimate of drug-likeness (QED) is 0.810. The first-order valence-corrected chi connectivity index (χ1v) is 9.19. The molecular formula is C21H26N2O4. The van der Waals surface area contributed by atoms with E-state index in [9.17, 15) is 4.79 Å². The lowest BCUT2D eigenvalue weighted by molar-refractivity contribution is -0.120. The fourth-order valence-corrected chi connectivity index (χ4v) is 2.85. The maximum atomic E-state index is 12.6. The first kappa shape index (κ1) is 19.0. The molecule has 27 heavy (non-hydrogen) atoms. The normalized spacial score (nSPS) is 13.9. The van der Waals surface area contributed by atoms with Gasteiger partial charge in [0.25, 0.3) is 0 Å². The minimum atomic E-state index is -0.287. The molecule has 1 aliphatic rings. The number of rotatable bonds is 7. The summed E-state index contributed by atoms with van der Waals surface area (Å²) in [6.07, 6.45) is 0. The van der Waals surface area contributed by atoms with E-state index in [4.69, 9.17) is 14.2 Å². The molecule has 2 aromatic carbocycles. The molecule has 6 heteroatoms. The number of fused-ring (bicyclic) bond motifs is 1. The van der Waals surface area contributed by atoms with Crippen LogP contribution in [0.2, 0.25) is 0 Å². The van der Waals surface area contributed by atoms with Gasteiger partial charge in [0.05, 0.1) is 12.6 Å². The molecule has 0 fully saturated rings. The van der Waals surface area contributed by atoms with Crippen molar-refractivity contribution in [3.63, 3.8) is 0 Å². The third-order valence-electron chi connectivity index (χ3n) is 4.52. The number of ether oxygens (including phenoxy) is 3. The Hall–Kier alpha value is -2.73. The number of carbonyl (C=O) groups is 1. The van der Waals surface area contributed by atoms with E-state index in [1.807, 2.05) is 62.2 Å². The van der Waals surface area contributed by atoms with Crippen LogP contribution < -0.4 is 19.5 Å². The van der Waals surface area contributed by atoms with Crippen LogP contribution in [0.3, 0.4) is 0 Å². The first-order valence-electron chi connectivity index (χ1n) is 9.19. The van der Waals surface area contributed by atoms with Crippen molar-refractivity contribution in [1.82, 2.24) is 4.90 Å². The highest BCUT2D eigenvalue weighted by Crippen LogP contribution is 2.32. The Morgan fingerprint density at radius 3 is 2.56 bits per heavy atom. The summed E-state index contributed by atoms with van der Waals surface area (Å²) in [6, 6.07) is 13.1. The van der Waals surface area contributed by atoms with Crippen molar-refractivity contribution in [2.75, 3.05) is 32.2 Å². The van der Waals surface area contributed by atoms with Crippen molar-refractivity contribution in [2.45, 2.75) is 26.4 Å². The van der Waals surface area contributed by atoms with E-state index >= 15 is 0 Å². The molecule has 1 aliphatic heterocycles. The van der Waals surface area contributed by atoms with E-state index in [0.29, 0.717) is 43.6 Å². The van der Waals surface area contributed by atoms with Crippen LogP contribution in [-0.2, 0) is 11.3 Å². The molecular weight excluding hydrogens is 344 g/mol. The van der Waals surface area contributed by atoms with E-state index in [1.165, 1.54) is 0 Å². The van der Waals surface area contributed by atoms with Gasteiger partial charge in [-0.05, 0) is 50.7 Å². The molecule has 0 unspecified atom stereocenters. The molecule has 3 rings (SSSR count). The minimum Gasteiger partial charge on any atom is -0.494 e. The maximum Gasteiger partial charge on any atom is 0.241 e. The predicted octanol–water partition coefficient (Wildman–Crippen LogP) is 3.32. The summed E-state index contributed by atoms with van der Waals surface area (Å²) in [7, 11) is 1.94. The summed E-state index contributed by atoms with van der Waals surface area (Å²) in [6.45, 7) is 6.24. The molecule has 1 N–H and O–H groups in total. The van der Waals surface area contributed by atoms with Gasteiger partial charge in [-0.25, -0.2) is 0 Å². The minimum absolute atomic E-state index is 0.0693. The van der Waals surface area contributed by atoms with E-state index in [0.717, 1.165) is 11.3 Å². The van der Waals surface area contributed by atoms with E-state index in [2.05, 4.69) is 5.32 Å². The van der Waals surface area contributed by atoms with Gasteiger partial charge in [-0.2, -0.15) is 0 Å². The second kappa shape index (κ2) is 8.77. The van der Waals surface area contributed by atoms with Crippen molar-refractivity contribution in [2.24, 2.45) is 0 Å².